The minimum atomic E-state index is -0.943. The highest BCUT2D eigenvalue weighted by Crippen LogP contribution is 2.40. The van der Waals surface area contributed by atoms with E-state index in [1.54, 1.807) is 25.1 Å². The predicted molar refractivity (Wildman–Crippen MR) is 70.6 cm³/mol. The number of carbonyl (C=O) groups is 1. The Labute approximate surface area is 113 Å². The molecule has 1 aliphatic carbocycles. The van der Waals surface area contributed by atoms with Crippen LogP contribution in [0.2, 0.25) is 0 Å². The molecule has 0 bridgehead atoms. The second-order valence-corrected chi connectivity index (χ2v) is 5.11. The second-order valence-electron chi connectivity index (χ2n) is 5.11. The maximum absolute atomic E-state index is 11.7. The first-order valence-corrected chi connectivity index (χ1v) is 6.73. The maximum Gasteiger partial charge on any atom is 0.308 e. The zero-order chi connectivity index (χ0) is 13.9. The lowest BCUT2D eigenvalue weighted by molar-refractivity contribution is -0.151. The number of benzene rings is 1. The van der Waals surface area contributed by atoms with Crippen LogP contribution in [-0.2, 0) is 15.1 Å². The van der Waals surface area contributed by atoms with Gasteiger partial charge < -0.3 is 14.9 Å². The highest BCUT2D eigenvalue weighted by atomic mass is 16.5. The standard InChI is InChI=1S/C15H20O4/c1-2-19-14(17)11-6-8-15(18,9-7-11)12-4-3-5-13(16)10-12/h3-5,10-11,16,18H,2,6-9H2,1H3. The van der Waals surface area contributed by atoms with Gasteiger partial charge in [0.05, 0.1) is 18.1 Å². The van der Waals surface area contributed by atoms with Crippen LogP contribution in [0, 0.1) is 5.92 Å². The lowest BCUT2D eigenvalue weighted by Crippen LogP contribution is -2.34. The van der Waals surface area contributed by atoms with Gasteiger partial charge in [-0.1, -0.05) is 12.1 Å². The summed E-state index contributed by atoms with van der Waals surface area (Å²) in [6.07, 6.45) is 2.26. The van der Waals surface area contributed by atoms with E-state index in [0.717, 1.165) is 5.56 Å². The molecule has 104 valence electrons. The summed E-state index contributed by atoms with van der Waals surface area (Å²) in [6.45, 7) is 2.19. The van der Waals surface area contributed by atoms with Crippen molar-refractivity contribution in [3.8, 4) is 5.75 Å². The van der Waals surface area contributed by atoms with Gasteiger partial charge in [0, 0.05) is 0 Å². The van der Waals surface area contributed by atoms with Crippen molar-refractivity contribution in [2.24, 2.45) is 5.92 Å². The van der Waals surface area contributed by atoms with Gasteiger partial charge in [0.25, 0.3) is 0 Å². The Bertz CT molecular complexity index is 447. The predicted octanol–water partition coefficient (Wildman–Crippen LogP) is 2.33. The summed E-state index contributed by atoms with van der Waals surface area (Å²) in [5.41, 5.74) is -0.225. The lowest BCUT2D eigenvalue weighted by atomic mass is 9.75. The molecule has 0 atom stereocenters. The van der Waals surface area contributed by atoms with Gasteiger partial charge in [0.2, 0.25) is 0 Å². The third kappa shape index (κ3) is 3.07. The van der Waals surface area contributed by atoms with Crippen LogP contribution in [0.3, 0.4) is 0 Å². The first-order chi connectivity index (χ1) is 9.05. The smallest absolute Gasteiger partial charge is 0.308 e. The number of aliphatic hydroxyl groups is 1. The van der Waals surface area contributed by atoms with Gasteiger partial charge in [-0.05, 0) is 50.3 Å². The molecule has 0 saturated heterocycles. The zero-order valence-corrected chi connectivity index (χ0v) is 11.1. The molecule has 19 heavy (non-hydrogen) atoms. The molecule has 1 aliphatic rings. The molecule has 0 spiro atoms. The summed E-state index contributed by atoms with van der Waals surface area (Å²) in [7, 11) is 0. The van der Waals surface area contributed by atoms with E-state index >= 15 is 0 Å². The Kier molecular flexibility index (Phi) is 4.10. The van der Waals surface area contributed by atoms with E-state index in [1.807, 2.05) is 6.07 Å². The van der Waals surface area contributed by atoms with E-state index in [4.69, 9.17) is 4.74 Å². The van der Waals surface area contributed by atoms with Crippen molar-refractivity contribution in [1.29, 1.82) is 0 Å². The Morgan fingerprint density at radius 1 is 1.42 bits per heavy atom. The van der Waals surface area contributed by atoms with E-state index in [0.29, 0.717) is 32.3 Å². The van der Waals surface area contributed by atoms with Gasteiger partial charge in [0.15, 0.2) is 0 Å². The molecule has 4 nitrogen and oxygen atoms in total. The number of phenols is 1. The van der Waals surface area contributed by atoms with Crippen LogP contribution in [0.5, 0.6) is 5.75 Å². The van der Waals surface area contributed by atoms with Gasteiger partial charge in [-0.2, -0.15) is 0 Å². The molecule has 1 aromatic carbocycles. The van der Waals surface area contributed by atoms with Crippen molar-refractivity contribution < 1.29 is 19.7 Å². The van der Waals surface area contributed by atoms with Gasteiger partial charge in [-0.15, -0.1) is 0 Å². The monoisotopic (exact) mass is 264 g/mol. The molecular weight excluding hydrogens is 244 g/mol. The summed E-state index contributed by atoms with van der Waals surface area (Å²) in [4.78, 5) is 11.7. The lowest BCUT2D eigenvalue weighted by Gasteiger charge is -2.35. The molecule has 1 fully saturated rings. The van der Waals surface area contributed by atoms with Crippen LogP contribution < -0.4 is 0 Å². The van der Waals surface area contributed by atoms with Gasteiger partial charge >= 0.3 is 5.97 Å². The fourth-order valence-electron chi connectivity index (χ4n) is 2.68. The number of rotatable bonds is 3. The van der Waals surface area contributed by atoms with Gasteiger partial charge in [0.1, 0.15) is 5.75 Å². The van der Waals surface area contributed by atoms with E-state index in [1.165, 1.54) is 0 Å². The quantitative estimate of drug-likeness (QED) is 0.822. The van der Waals surface area contributed by atoms with E-state index < -0.39 is 5.60 Å². The molecule has 0 amide bonds. The fourth-order valence-corrected chi connectivity index (χ4v) is 2.68. The minimum Gasteiger partial charge on any atom is -0.508 e. The average Bonchev–Trinajstić information content (AvgIpc) is 2.40. The largest absolute Gasteiger partial charge is 0.508 e. The van der Waals surface area contributed by atoms with Crippen LogP contribution in [0.1, 0.15) is 38.2 Å². The Morgan fingerprint density at radius 3 is 2.68 bits per heavy atom. The van der Waals surface area contributed by atoms with Crippen LogP contribution >= 0.6 is 0 Å². The summed E-state index contributed by atoms with van der Waals surface area (Å²) in [5.74, 6) is -0.128. The minimum absolute atomic E-state index is 0.113. The van der Waals surface area contributed by atoms with Crippen molar-refractivity contribution >= 4 is 5.97 Å². The van der Waals surface area contributed by atoms with Crippen molar-refractivity contribution in [2.75, 3.05) is 6.61 Å². The highest BCUT2D eigenvalue weighted by molar-refractivity contribution is 5.72. The topological polar surface area (TPSA) is 66.8 Å². The molecular formula is C15H20O4. The van der Waals surface area contributed by atoms with E-state index in [2.05, 4.69) is 0 Å². The van der Waals surface area contributed by atoms with Crippen LogP contribution in [0.15, 0.2) is 24.3 Å². The Balaban J connectivity index is 2.04. The van der Waals surface area contributed by atoms with Crippen molar-refractivity contribution in [3.05, 3.63) is 29.8 Å². The first kappa shape index (κ1) is 13.9. The second kappa shape index (κ2) is 5.61. The summed E-state index contributed by atoms with van der Waals surface area (Å²) in [6, 6.07) is 6.70. The third-order valence-electron chi connectivity index (χ3n) is 3.82. The number of aromatic hydroxyl groups is 1. The number of hydrogen-bond donors (Lipinski definition) is 2. The molecule has 0 heterocycles. The number of carbonyl (C=O) groups excluding carboxylic acids is 1. The third-order valence-corrected chi connectivity index (χ3v) is 3.82. The Hall–Kier alpha value is -1.55. The van der Waals surface area contributed by atoms with E-state index in [9.17, 15) is 15.0 Å². The molecule has 4 heteroatoms. The number of hydrogen-bond acceptors (Lipinski definition) is 4. The maximum atomic E-state index is 11.7. The van der Waals surface area contributed by atoms with Gasteiger partial charge in [-0.3, -0.25) is 4.79 Å². The van der Waals surface area contributed by atoms with Crippen molar-refractivity contribution in [1.82, 2.24) is 0 Å². The summed E-state index contributed by atoms with van der Waals surface area (Å²) < 4.78 is 5.01. The molecule has 2 rings (SSSR count). The summed E-state index contributed by atoms with van der Waals surface area (Å²) >= 11 is 0. The Morgan fingerprint density at radius 2 is 2.11 bits per heavy atom. The van der Waals surface area contributed by atoms with Crippen molar-refractivity contribution in [2.45, 2.75) is 38.2 Å². The number of esters is 1. The average molecular weight is 264 g/mol. The molecule has 2 N–H and O–H groups in total. The highest BCUT2D eigenvalue weighted by Gasteiger charge is 2.37. The van der Waals surface area contributed by atoms with Crippen molar-refractivity contribution in [3.63, 3.8) is 0 Å². The number of phenolic OH excluding ortho intramolecular Hbond substituents is 1. The molecule has 0 aromatic heterocycles. The van der Waals surface area contributed by atoms with E-state index in [-0.39, 0.29) is 17.6 Å². The SMILES string of the molecule is CCOC(=O)C1CCC(O)(c2cccc(O)c2)CC1. The van der Waals surface area contributed by atoms with Gasteiger partial charge in [-0.25, -0.2) is 0 Å². The zero-order valence-electron chi connectivity index (χ0n) is 11.1. The fraction of sp³-hybridized carbons (Fsp3) is 0.533. The van der Waals surface area contributed by atoms with Crippen LogP contribution in [-0.4, -0.2) is 22.8 Å². The number of ether oxygens (including phenoxy) is 1. The summed E-state index contributed by atoms with van der Waals surface area (Å²) in [5, 5.41) is 20.1. The molecule has 0 aliphatic heterocycles. The normalized spacial score (nSPS) is 26.9. The molecule has 0 unspecified atom stereocenters. The first-order valence-electron chi connectivity index (χ1n) is 6.73. The van der Waals surface area contributed by atoms with Crippen LogP contribution in [0.25, 0.3) is 0 Å². The van der Waals surface area contributed by atoms with Crippen LogP contribution in [0.4, 0.5) is 0 Å². The molecule has 1 aromatic rings. The molecule has 0 radical (unpaired) electrons. The molecule has 1 saturated carbocycles.